The van der Waals surface area contributed by atoms with Crippen LogP contribution in [-0.4, -0.2) is 31.4 Å². The molecule has 23 heavy (non-hydrogen) atoms. The van der Waals surface area contributed by atoms with E-state index in [-0.39, 0.29) is 12.2 Å². The summed E-state index contributed by atoms with van der Waals surface area (Å²) in [5.74, 6) is 0.206. The predicted molar refractivity (Wildman–Crippen MR) is 96.6 cm³/mol. The van der Waals surface area contributed by atoms with Crippen molar-refractivity contribution in [2.24, 2.45) is 11.5 Å². The molecule has 0 unspecified atom stereocenters. The molecule has 5 nitrogen and oxygen atoms in total. The second kappa shape index (κ2) is 15.2. The maximum atomic E-state index is 12.5. The van der Waals surface area contributed by atoms with E-state index in [4.69, 9.17) is 15.3 Å². The van der Waals surface area contributed by atoms with Gasteiger partial charge in [0, 0.05) is 0 Å². The molecule has 1 aromatic rings. The summed E-state index contributed by atoms with van der Waals surface area (Å²) in [7, 11) is 2.14. The Kier molecular flexibility index (Phi) is 15.5. The van der Waals surface area contributed by atoms with Crippen LogP contribution >= 0.6 is 12.6 Å². The number of thiol groups is 1. The zero-order valence-electron chi connectivity index (χ0n) is 14.3. The van der Waals surface area contributed by atoms with Gasteiger partial charge in [0.25, 0.3) is 0 Å². The van der Waals surface area contributed by atoms with Crippen LogP contribution in [0.25, 0.3) is 0 Å². The summed E-state index contributed by atoms with van der Waals surface area (Å²) in [5.41, 5.74) is 10.1. The van der Waals surface area contributed by atoms with Crippen molar-refractivity contribution in [3.05, 3.63) is 40.9 Å². The molecule has 0 heterocycles. The zero-order chi connectivity index (χ0) is 18.3. The van der Waals surface area contributed by atoms with Crippen LogP contribution in [0.2, 0.25) is 0 Å². The van der Waals surface area contributed by atoms with Gasteiger partial charge in [-0.05, 0) is 57.7 Å². The highest BCUT2D eigenvalue weighted by Gasteiger charge is 1.98. The normalized spacial score (nSPS) is 10.6. The average Bonchev–Trinajstić information content (AvgIpc) is 2.51. The molecule has 132 valence electrons. The topological polar surface area (TPSA) is 81.6 Å². The van der Waals surface area contributed by atoms with E-state index in [9.17, 15) is 4.39 Å². The molecule has 0 fully saturated rings. The van der Waals surface area contributed by atoms with Gasteiger partial charge in [-0.15, -0.1) is 12.6 Å². The fourth-order valence-corrected chi connectivity index (χ4v) is 1.34. The van der Waals surface area contributed by atoms with Crippen molar-refractivity contribution in [1.82, 2.24) is 4.90 Å². The van der Waals surface area contributed by atoms with Gasteiger partial charge in [-0.25, -0.2) is 4.39 Å². The molecular formula is C16H28FN3O2S. The minimum atomic E-state index is -0.304. The molecule has 0 radical (unpaired) electrons. The van der Waals surface area contributed by atoms with Crippen LogP contribution in [0, 0.1) is 5.82 Å². The number of rotatable bonds is 5. The summed E-state index contributed by atoms with van der Waals surface area (Å²) in [6, 6.07) is 5.63. The van der Waals surface area contributed by atoms with Gasteiger partial charge in [0.15, 0.2) is 5.09 Å². The van der Waals surface area contributed by atoms with Gasteiger partial charge in [0.05, 0.1) is 5.70 Å². The third-order valence-electron chi connectivity index (χ3n) is 2.51. The van der Waals surface area contributed by atoms with Crippen molar-refractivity contribution in [3.63, 3.8) is 0 Å². The lowest BCUT2D eigenvalue weighted by atomic mass is 10.3. The molecule has 7 heteroatoms. The smallest absolute Gasteiger partial charge is 0.204 e. The van der Waals surface area contributed by atoms with E-state index >= 15 is 0 Å². The summed E-state index contributed by atoms with van der Waals surface area (Å²) >= 11 is 4.00. The van der Waals surface area contributed by atoms with Crippen LogP contribution in [0.1, 0.15) is 27.2 Å². The van der Waals surface area contributed by atoms with E-state index in [1.807, 2.05) is 0 Å². The first-order valence-corrected chi connectivity index (χ1v) is 7.69. The zero-order valence-corrected chi connectivity index (χ0v) is 15.1. The first-order chi connectivity index (χ1) is 10.8. The first-order valence-electron chi connectivity index (χ1n) is 7.24. The summed E-state index contributed by atoms with van der Waals surface area (Å²) in [6.45, 7) is 8.46. The number of carbonyl (C=O) groups is 1. The SMILES string of the molecule is C/C(N)=C(/S)Oc1ccc(F)cc1.CCCN(C)CC.NC=O. The lowest BCUT2D eigenvalue weighted by Gasteiger charge is -2.10. The predicted octanol–water partition coefficient (Wildman–Crippen LogP) is 2.73. The van der Waals surface area contributed by atoms with Crippen LogP contribution in [0.15, 0.2) is 35.1 Å². The van der Waals surface area contributed by atoms with Crippen molar-refractivity contribution < 1.29 is 13.9 Å². The van der Waals surface area contributed by atoms with E-state index in [0.29, 0.717) is 16.5 Å². The lowest BCUT2D eigenvalue weighted by Crippen LogP contribution is -2.17. The number of primary amides is 1. The molecule has 0 aromatic heterocycles. The number of hydrogen-bond acceptors (Lipinski definition) is 5. The second-order valence-electron chi connectivity index (χ2n) is 4.58. The highest BCUT2D eigenvalue weighted by Crippen LogP contribution is 2.16. The number of nitrogens with two attached hydrogens (primary N) is 2. The number of allylic oxidation sites excluding steroid dienone is 1. The van der Waals surface area contributed by atoms with Crippen LogP contribution in [-0.2, 0) is 4.79 Å². The Hall–Kier alpha value is -1.73. The second-order valence-corrected chi connectivity index (χ2v) is 4.98. The highest BCUT2D eigenvalue weighted by molar-refractivity contribution is 7.84. The monoisotopic (exact) mass is 345 g/mol. The maximum absolute atomic E-state index is 12.5. The average molecular weight is 345 g/mol. The molecule has 0 aliphatic heterocycles. The molecule has 0 atom stereocenters. The number of benzene rings is 1. The molecule has 1 aromatic carbocycles. The molecule has 0 aliphatic rings. The van der Waals surface area contributed by atoms with Gasteiger partial charge >= 0.3 is 0 Å². The van der Waals surface area contributed by atoms with E-state index in [2.05, 4.69) is 44.2 Å². The molecular weight excluding hydrogens is 317 g/mol. The van der Waals surface area contributed by atoms with Crippen molar-refractivity contribution >= 4 is 19.0 Å². The number of hydrogen-bond donors (Lipinski definition) is 3. The Morgan fingerprint density at radius 3 is 2.13 bits per heavy atom. The van der Waals surface area contributed by atoms with Crippen molar-refractivity contribution in [1.29, 1.82) is 0 Å². The maximum Gasteiger partial charge on any atom is 0.204 e. The molecule has 0 saturated heterocycles. The molecule has 1 amide bonds. The molecule has 0 bridgehead atoms. The van der Waals surface area contributed by atoms with Crippen molar-refractivity contribution in [2.75, 3.05) is 20.1 Å². The Labute approximate surface area is 143 Å². The minimum Gasteiger partial charge on any atom is -0.449 e. The van der Waals surface area contributed by atoms with Gasteiger partial charge in [-0.1, -0.05) is 13.8 Å². The van der Waals surface area contributed by atoms with E-state index in [1.165, 1.54) is 43.8 Å². The van der Waals surface area contributed by atoms with Crippen LogP contribution in [0.4, 0.5) is 4.39 Å². The largest absolute Gasteiger partial charge is 0.449 e. The molecule has 4 N–H and O–H groups in total. The summed E-state index contributed by atoms with van der Waals surface area (Å²) in [6.07, 6.45) is 1.52. The molecule has 0 spiro atoms. The quantitative estimate of drug-likeness (QED) is 0.435. The minimum absolute atomic E-state index is 0.250. The highest BCUT2D eigenvalue weighted by atomic mass is 32.1. The van der Waals surface area contributed by atoms with Gasteiger partial charge in [-0.2, -0.15) is 0 Å². The Morgan fingerprint density at radius 2 is 1.83 bits per heavy atom. The van der Waals surface area contributed by atoms with Gasteiger partial charge in [0.2, 0.25) is 6.41 Å². The molecule has 0 aliphatic carbocycles. The summed E-state index contributed by atoms with van der Waals surface area (Å²) in [5, 5.41) is 0.326. The van der Waals surface area contributed by atoms with Gasteiger partial charge in [-0.3, -0.25) is 4.79 Å². The number of halogens is 1. The fourth-order valence-electron chi connectivity index (χ4n) is 1.23. The van der Waals surface area contributed by atoms with E-state index in [1.54, 1.807) is 6.92 Å². The third kappa shape index (κ3) is 15.0. The Morgan fingerprint density at radius 1 is 1.35 bits per heavy atom. The number of nitrogens with zero attached hydrogens (tertiary/aromatic N) is 1. The molecule has 0 saturated carbocycles. The number of amides is 1. The lowest BCUT2D eigenvalue weighted by molar-refractivity contribution is -0.106. The fraction of sp³-hybridized carbons (Fsp3) is 0.438. The van der Waals surface area contributed by atoms with E-state index < -0.39 is 0 Å². The summed E-state index contributed by atoms with van der Waals surface area (Å²) in [4.78, 5) is 10.9. The van der Waals surface area contributed by atoms with Gasteiger partial charge in [0.1, 0.15) is 11.6 Å². The van der Waals surface area contributed by atoms with Crippen LogP contribution in [0.5, 0.6) is 5.75 Å². The van der Waals surface area contributed by atoms with Crippen molar-refractivity contribution in [3.8, 4) is 5.75 Å². The van der Waals surface area contributed by atoms with Crippen molar-refractivity contribution in [2.45, 2.75) is 27.2 Å². The number of carbonyl (C=O) groups excluding carboxylic acids is 1. The van der Waals surface area contributed by atoms with E-state index in [0.717, 1.165) is 0 Å². The molecule has 1 rings (SSSR count). The Bertz CT molecular complexity index is 449. The summed E-state index contributed by atoms with van der Waals surface area (Å²) < 4.78 is 17.7. The third-order valence-corrected chi connectivity index (χ3v) is 2.95. The number of ether oxygens (including phenoxy) is 1. The van der Waals surface area contributed by atoms with Crippen LogP contribution in [0.3, 0.4) is 0 Å². The van der Waals surface area contributed by atoms with Gasteiger partial charge < -0.3 is 21.1 Å². The van der Waals surface area contributed by atoms with Crippen LogP contribution < -0.4 is 16.2 Å². The standard InChI is InChI=1S/C9H10FNOS.C6H15N.CH3NO/c1-6(11)9(13)12-8-4-2-7(10)3-5-8;1-4-6-7(3)5-2;2-1-3/h2-5,13H,11H2,1H3;4-6H2,1-3H3;1H,(H2,2,3)/b9-6-;;. The Balaban J connectivity index is 0. The first kappa shape index (κ1) is 23.5.